The molecule has 0 aliphatic rings. The standard InChI is InChI=1S/C29H40N2O3.C29H40N2O2.CH4/c1-10-12-22-14-15-24(21(5)26(22)34-9)27(32)30-31(25(13-11-2)29(6,7)8)28(33)23-17-19(3)16-20(4)18-23;1-10-12-23-14-15-25(22(6)21(23)5)27(32)30-31(26(13-11-2)29(7,8)9)28(33)24-17-19(3)16-20(4)18-24;/h10,14-18,25H,1,11-13H2,2-9H3,(H,30,32);10,14-18,26H,1,11-13H2,2-9H3,(H,30,32);1H4/t25-;26-;/m11./s1. The van der Waals surface area contributed by atoms with Gasteiger partial charge in [0.05, 0.1) is 19.2 Å². The lowest BCUT2D eigenvalue weighted by Gasteiger charge is -2.40. The first-order chi connectivity index (χ1) is 31.3. The van der Waals surface area contributed by atoms with Crippen LogP contribution in [0.4, 0.5) is 0 Å². The molecule has 0 radical (unpaired) electrons. The monoisotopic (exact) mass is 929 g/mol. The second kappa shape index (κ2) is 25.4. The molecule has 370 valence electrons. The van der Waals surface area contributed by atoms with E-state index in [-0.39, 0.29) is 54.0 Å². The normalized spacial score (nSPS) is 12.0. The fourth-order valence-electron chi connectivity index (χ4n) is 8.89. The fraction of sp³-hybridized carbons (Fsp3) is 0.458. The summed E-state index contributed by atoms with van der Waals surface area (Å²) in [6.45, 7) is 38.2. The van der Waals surface area contributed by atoms with Crippen molar-refractivity contribution < 1.29 is 23.9 Å². The molecule has 9 heteroatoms. The van der Waals surface area contributed by atoms with Gasteiger partial charge in [-0.15, -0.1) is 13.2 Å². The zero-order valence-corrected chi connectivity index (χ0v) is 43.7. The van der Waals surface area contributed by atoms with Gasteiger partial charge in [-0.05, 0) is 144 Å². The summed E-state index contributed by atoms with van der Waals surface area (Å²) in [5.41, 5.74) is 16.7. The maximum Gasteiger partial charge on any atom is 0.272 e. The van der Waals surface area contributed by atoms with Crippen LogP contribution in [-0.2, 0) is 12.8 Å². The Labute approximate surface area is 410 Å². The van der Waals surface area contributed by atoms with E-state index in [0.29, 0.717) is 34.4 Å². The van der Waals surface area contributed by atoms with Crippen LogP contribution in [0.1, 0.15) is 180 Å². The highest BCUT2D eigenvalue weighted by molar-refractivity contribution is 6.01. The first-order valence-corrected chi connectivity index (χ1v) is 23.8. The topological polar surface area (TPSA) is 108 Å². The van der Waals surface area contributed by atoms with Crippen molar-refractivity contribution in [2.45, 2.75) is 162 Å². The predicted octanol–water partition coefficient (Wildman–Crippen LogP) is 13.6. The van der Waals surface area contributed by atoms with E-state index in [1.165, 1.54) is 0 Å². The first kappa shape index (κ1) is 58.2. The highest BCUT2D eigenvalue weighted by atomic mass is 16.5. The van der Waals surface area contributed by atoms with E-state index in [1.54, 1.807) is 29.3 Å². The number of carbonyl (C=O) groups excluding carboxylic acids is 4. The summed E-state index contributed by atoms with van der Waals surface area (Å²) in [6, 6.07) is 18.8. The van der Waals surface area contributed by atoms with E-state index < -0.39 is 0 Å². The Morgan fingerprint density at radius 3 is 1.26 bits per heavy atom. The lowest BCUT2D eigenvalue weighted by molar-refractivity contribution is 0.0270. The van der Waals surface area contributed by atoms with Crippen LogP contribution in [0.5, 0.6) is 5.75 Å². The Balaban J connectivity index is 0.000000460. The molecule has 0 aliphatic carbocycles. The van der Waals surface area contributed by atoms with Gasteiger partial charge in [0.1, 0.15) is 5.75 Å². The smallest absolute Gasteiger partial charge is 0.272 e. The largest absolute Gasteiger partial charge is 0.496 e. The quantitative estimate of drug-likeness (QED) is 0.0912. The van der Waals surface area contributed by atoms with Crippen molar-refractivity contribution in [3.63, 3.8) is 0 Å². The number of rotatable bonds is 15. The van der Waals surface area contributed by atoms with Crippen LogP contribution in [0.2, 0.25) is 0 Å². The Morgan fingerprint density at radius 2 is 0.926 bits per heavy atom. The number of allylic oxidation sites excluding steroid dienone is 2. The van der Waals surface area contributed by atoms with Crippen molar-refractivity contribution in [3.8, 4) is 5.75 Å². The number of methoxy groups -OCH3 is 1. The summed E-state index contributed by atoms with van der Waals surface area (Å²) < 4.78 is 5.60. The summed E-state index contributed by atoms with van der Waals surface area (Å²) in [6.07, 6.45) is 8.42. The molecular weight excluding hydrogens is 845 g/mol. The molecule has 9 nitrogen and oxygen atoms in total. The van der Waals surface area contributed by atoms with Gasteiger partial charge in [0, 0.05) is 27.8 Å². The molecule has 0 heterocycles. The lowest BCUT2D eigenvalue weighted by atomic mass is 9.83. The molecule has 2 N–H and O–H groups in total. The van der Waals surface area contributed by atoms with Gasteiger partial charge in [0.2, 0.25) is 0 Å². The third kappa shape index (κ3) is 15.0. The number of hydrogen-bond donors (Lipinski definition) is 2. The Kier molecular flexibility index (Phi) is 21.7. The van der Waals surface area contributed by atoms with E-state index >= 15 is 0 Å². The molecule has 4 amide bonds. The molecule has 0 unspecified atom stereocenters. The Hall–Kier alpha value is -5.96. The number of hydrogen-bond acceptors (Lipinski definition) is 5. The average molecular weight is 929 g/mol. The second-order valence-corrected chi connectivity index (χ2v) is 20.3. The minimum atomic E-state index is -0.330. The van der Waals surface area contributed by atoms with Crippen LogP contribution in [0, 0.1) is 59.3 Å². The molecule has 0 bridgehead atoms. The number of ether oxygens (including phenoxy) is 1. The molecular formula is C59H84N4O5. The number of benzene rings is 4. The Bertz CT molecular complexity index is 2380. The summed E-state index contributed by atoms with van der Waals surface area (Å²) in [4.78, 5) is 54.6. The number of carbonyl (C=O) groups is 4. The van der Waals surface area contributed by atoms with E-state index in [4.69, 9.17) is 4.74 Å². The van der Waals surface area contributed by atoms with Crippen molar-refractivity contribution in [2.75, 3.05) is 7.11 Å². The second-order valence-electron chi connectivity index (χ2n) is 20.3. The van der Waals surface area contributed by atoms with Crippen molar-refractivity contribution >= 4 is 23.6 Å². The fourth-order valence-corrected chi connectivity index (χ4v) is 8.89. The molecule has 0 aliphatic heterocycles. The number of nitrogens with zero attached hydrogens (tertiary/aromatic N) is 2. The third-order valence-electron chi connectivity index (χ3n) is 12.4. The van der Waals surface area contributed by atoms with E-state index in [9.17, 15) is 19.2 Å². The van der Waals surface area contributed by atoms with Crippen molar-refractivity contribution in [1.29, 1.82) is 0 Å². The van der Waals surface area contributed by atoms with Crippen molar-refractivity contribution in [2.24, 2.45) is 10.8 Å². The van der Waals surface area contributed by atoms with Gasteiger partial charge in [-0.25, -0.2) is 10.0 Å². The molecule has 0 fully saturated rings. The summed E-state index contributed by atoms with van der Waals surface area (Å²) in [5.74, 6) is -0.309. The van der Waals surface area contributed by atoms with Gasteiger partial charge in [0.25, 0.3) is 23.6 Å². The SMILES string of the molecule is C.C=CCc1ccc(C(=O)NN(C(=O)c2cc(C)cc(C)c2)[C@H](CCC)C(C)(C)C)c(C)c1C.C=CCc1ccc(C(=O)NN(C(=O)c2cc(C)cc(C)c2)[C@H](CCC)C(C)(C)C)c(C)c1OC. The van der Waals surface area contributed by atoms with Crippen molar-refractivity contribution in [3.05, 3.63) is 158 Å². The zero-order valence-electron chi connectivity index (χ0n) is 43.7. The van der Waals surface area contributed by atoms with Gasteiger partial charge in [0.15, 0.2) is 0 Å². The van der Waals surface area contributed by atoms with Gasteiger partial charge in [-0.3, -0.25) is 30.0 Å². The number of nitrogens with one attached hydrogen (secondary N) is 2. The number of hydrazine groups is 2. The summed E-state index contributed by atoms with van der Waals surface area (Å²) in [7, 11) is 1.60. The number of aryl methyl sites for hydroxylation is 4. The van der Waals surface area contributed by atoms with E-state index in [0.717, 1.165) is 82.2 Å². The molecule has 0 saturated carbocycles. The Morgan fingerprint density at radius 1 is 0.574 bits per heavy atom. The minimum absolute atomic E-state index is 0. The molecule has 4 rings (SSSR count). The maximum absolute atomic E-state index is 13.8. The van der Waals surface area contributed by atoms with Gasteiger partial charge >= 0.3 is 0 Å². The molecule has 4 aromatic carbocycles. The highest BCUT2D eigenvalue weighted by Crippen LogP contribution is 2.32. The summed E-state index contributed by atoms with van der Waals surface area (Å²) >= 11 is 0. The molecule has 0 spiro atoms. The van der Waals surface area contributed by atoms with Gasteiger partial charge in [-0.2, -0.15) is 0 Å². The van der Waals surface area contributed by atoms with Crippen LogP contribution in [0.15, 0.2) is 86.0 Å². The third-order valence-corrected chi connectivity index (χ3v) is 12.4. The molecule has 4 aromatic rings. The molecule has 68 heavy (non-hydrogen) atoms. The summed E-state index contributed by atoms with van der Waals surface area (Å²) in [5, 5.41) is 3.12. The van der Waals surface area contributed by atoms with Gasteiger partial charge < -0.3 is 4.74 Å². The van der Waals surface area contributed by atoms with E-state index in [1.807, 2.05) is 109 Å². The number of amides is 4. The van der Waals surface area contributed by atoms with E-state index in [2.05, 4.69) is 79.4 Å². The molecule has 0 aromatic heterocycles. The maximum atomic E-state index is 13.8. The van der Waals surface area contributed by atoms with Crippen molar-refractivity contribution in [1.82, 2.24) is 20.9 Å². The van der Waals surface area contributed by atoms with Crippen LogP contribution >= 0.6 is 0 Å². The van der Waals surface area contributed by atoms with Crippen LogP contribution in [0.25, 0.3) is 0 Å². The molecule has 0 saturated heterocycles. The van der Waals surface area contributed by atoms with Crippen LogP contribution in [-0.4, -0.2) is 52.8 Å². The highest BCUT2D eigenvalue weighted by Gasteiger charge is 2.37. The van der Waals surface area contributed by atoms with Crippen LogP contribution in [0.3, 0.4) is 0 Å². The predicted molar refractivity (Wildman–Crippen MR) is 284 cm³/mol. The van der Waals surface area contributed by atoms with Crippen LogP contribution < -0.4 is 15.6 Å². The average Bonchev–Trinajstić information content (AvgIpc) is 3.23. The first-order valence-electron chi connectivity index (χ1n) is 23.8. The minimum Gasteiger partial charge on any atom is -0.496 e. The molecule has 2 atom stereocenters. The lowest BCUT2D eigenvalue weighted by Crippen LogP contribution is -2.56. The van der Waals surface area contributed by atoms with Gasteiger partial charge in [-0.1, -0.05) is 134 Å². The zero-order chi connectivity index (χ0) is 50.6.